The Balaban J connectivity index is 2.79. The van der Waals surface area contributed by atoms with Gasteiger partial charge < -0.3 is 0 Å². The van der Waals surface area contributed by atoms with Gasteiger partial charge in [0.1, 0.15) is 0 Å². The molecule has 0 aliphatic carbocycles. The summed E-state index contributed by atoms with van der Waals surface area (Å²) in [7, 11) is 0. The van der Waals surface area contributed by atoms with Gasteiger partial charge in [-0.15, -0.1) is 0 Å². The summed E-state index contributed by atoms with van der Waals surface area (Å²) in [6.45, 7) is 0. The van der Waals surface area contributed by atoms with E-state index in [1.807, 2.05) is 0 Å². The summed E-state index contributed by atoms with van der Waals surface area (Å²) in [4.78, 5) is 0. The van der Waals surface area contributed by atoms with E-state index >= 15 is 0 Å². The van der Waals surface area contributed by atoms with E-state index in [0.29, 0.717) is 0 Å². The zero-order valence-corrected chi connectivity index (χ0v) is 9.25. The summed E-state index contributed by atoms with van der Waals surface area (Å²) < 4.78 is 0. The van der Waals surface area contributed by atoms with Crippen LogP contribution in [-0.2, 0) is 5.21 Å². The van der Waals surface area contributed by atoms with E-state index in [9.17, 15) is 0 Å². The van der Waals surface area contributed by atoms with Crippen molar-refractivity contribution in [3.05, 3.63) is 48.0 Å². The van der Waals surface area contributed by atoms with Gasteiger partial charge in [-0.05, 0) is 0 Å². The summed E-state index contributed by atoms with van der Waals surface area (Å²) in [5.74, 6) is 0. The molecule has 0 N–H and O–H groups in total. The van der Waals surface area contributed by atoms with Crippen molar-refractivity contribution in [2.75, 3.05) is 0 Å². The van der Waals surface area contributed by atoms with Gasteiger partial charge in [-0.2, -0.15) is 0 Å². The fourth-order valence-corrected chi connectivity index (χ4v) is 2.22. The van der Waals surface area contributed by atoms with Crippen molar-refractivity contribution in [3.8, 4) is 0 Å². The minimum atomic E-state index is 1.17. The normalized spacial score (nSPS) is 10.4. The zero-order valence-electron chi connectivity index (χ0n) is 6.83. The molecular formula is C11H11As. The van der Waals surface area contributed by atoms with Crippen molar-refractivity contribution in [2.24, 2.45) is 0 Å². The Hall–Kier alpha value is -0.742. The van der Waals surface area contributed by atoms with Gasteiger partial charge in [-0.1, -0.05) is 0 Å². The molecule has 0 spiro atoms. The molecule has 1 heteroatoms. The summed E-state index contributed by atoms with van der Waals surface area (Å²) in [6.07, 6.45) is 0. The molecule has 0 saturated heterocycles. The zero-order chi connectivity index (χ0) is 8.39. The first-order chi connectivity index (χ1) is 5.92. The second-order valence-electron chi connectivity index (χ2n) is 2.84. The second kappa shape index (κ2) is 3.33. The summed E-state index contributed by atoms with van der Waals surface area (Å²) in [5.41, 5.74) is 1.47. The molecule has 0 fully saturated rings. The van der Waals surface area contributed by atoms with Crippen LogP contribution in [0.15, 0.2) is 42.5 Å². The average Bonchev–Trinajstić information content (AvgIpc) is 2.17. The quantitative estimate of drug-likeness (QED) is 0.642. The van der Waals surface area contributed by atoms with Crippen molar-refractivity contribution in [2.45, 2.75) is 5.21 Å². The maximum absolute atomic E-state index is 2.21. The van der Waals surface area contributed by atoms with Crippen molar-refractivity contribution in [1.82, 2.24) is 0 Å². The first-order valence-electron chi connectivity index (χ1n) is 4.08. The third-order valence-corrected chi connectivity index (χ3v) is 3.02. The van der Waals surface area contributed by atoms with Crippen LogP contribution in [0.1, 0.15) is 5.56 Å². The number of fused-ring (bicyclic) bond motifs is 1. The molecule has 12 heavy (non-hydrogen) atoms. The second-order valence-corrected chi connectivity index (χ2v) is 3.70. The van der Waals surface area contributed by atoms with Crippen molar-refractivity contribution >= 4 is 27.6 Å². The van der Waals surface area contributed by atoms with Crippen LogP contribution in [-0.4, -0.2) is 16.9 Å². The molecule has 1 unspecified atom stereocenters. The van der Waals surface area contributed by atoms with Gasteiger partial charge in [0.15, 0.2) is 0 Å². The van der Waals surface area contributed by atoms with E-state index < -0.39 is 0 Å². The maximum atomic E-state index is 2.21. The van der Waals surface area contributed by atoms with Gasteiger partial charge in [-0.3, -0.25) is 0 Å². The van der Waals surface area contributed by atoms with Crippen LogP contribution < -0.4 is 0 Å². The van der Waals surface area contributed by atoms with Crippen LogP contribution in [0.4, 0.5) is 0 Å². The molecule has 1 atom stereocenters. The predicted octanol–water partition coefficient (Wildman–Crippen LogP) is 1.97. The Morgan fingerprint density at radius 2 is 1.67 bits per heavy atom. The molecule has 2 aromatic carbocycles. The SMILES string of the molecule is [AsH2]Cc1cccc2ccccc12. The third-order valence-electron chi connectivity index (χ3n) is 2.10. The molecule has 0 nitrogen and oxygen atoms in total. The summed E-state index contributed by atoms with van der Waals surface area (Å²) in [6, 6.07) is 15.1. The molecule has 2 aromatic rings. The first-order valence-corrected chi connectivity index (χ1v) is 5.80. The third kappa shape index (κ3) is 1.27. The van der Waals surface area contributed by atoms with Crippen molar-refractivity contribution in [1.29, 1.82) is 0 Å². The van der Waals surface area contributed by atoms with E-state index in [4.69, 9.17) is 0 Å². The van der Waals surface area contributed by atoms with Crippen LogP contribution in [0.3, 0.4) is 0 Å². The van der Waals surface area contributed by atoms with Gasteiger partial charge in [0.05, 0.1) is 0 Å². The number of hydrogen-bond donors (Lipinski definition) is 0. The molecule has 0 aliphatic heterocycles. The van der Waals surface area contributed by atoms with Gasteiger partial charge in [0.25, 0.3) is 0 Å². The van der Waals surface area contributed by atoms with Crippen LogP contribution >= 0.6 is 0 Å². The molecule has 0 aromatic heterocycles. The van der Waals surface area contributed by atoms with E-state index in [1.165, 1.54) is 21.5 Å². The Labute approximate surface area is 81.1 Å². The number of benzene rings is 2. The van der Waals surface area contributed by atoms with E-state index in [1.54, 1.807) is 16.9 Å². The molecule has 0 saturated carbocycles. The van der Waals surface area contributed by atoms with E-state index in [-0.39, 0.29) is 0 Å². The monoisotopic (exact) mass is 218 g/mol. The number of hydrogen-bond acceptors (Lipinski definition) is 0. The van der Waals surface area contributed by atoms with Crippen LogP contribution in [0.25, 0.3) is 10.8 Å². The van der Waals surface area contributed by atoms with Gasteiger partial charge in [-0.25, -0.2) is 0 Å². The molecule has 0 radical (unpaired) electrons. The Bertz CT molecular complexity index is 388. The molecule has 0 heterocycles. The number of rotatable bonds is 1. The fourth-order valence-electron chi connectivity index (χ4n) is 1.47. The fraction of sp³-hybridized carbons (Fsp3) is 0.0909. The molecule has 0 aliphatic rings. The first kappa shape index (κ1) is 7.88. The van der Waals surface area contributed by atoms with Gasteiger partial charge >= 0.3 is 80.9 Å². The standard InChI is InChI=1S/C11H11As/c12-8-10-6-3-5-9-4-1-2-7-11(9)10/h1-7H,8,12H2. The molecule has 0 amide bonds. The van der Waals surface area contributed by atoms with Crippen molar-refractivity contribution < 1.29 is 0 Å². The predicted molar refractivity (Wildman–Crippen MR) is 56.2 cm³/mol. The van der Waals surface area contributed by atoms with Gasteiger partial charge in [0, 0.05) is 0 Å². The van der Waals surface area contributed by atoms with Crippen LogP contribution in [0.2, 0.25) is 0 Å². The molecule has 2 rings (SSSR count). The van der Waals surface area contributed by atoms with E-state index in [0.717, 1.165) is 0 Å². The molecular weight excluding hydrogens is 207 g/mol. The topological polar surface area (TPSA) is 0 Å². The van der Waals surface area contributed by atoms with Gasteiger partial charge in [0.2, 0.25) is 0 Å². The summed E-state index contributed by atoms with van der Waals surface area (Å²) >= 11 is 1.77. The van der Waals surface area contributed by atoms with Crippen LogP contribution in [0.5, 0.6) is 0 Å². The Morgan fingerprint density at radius 1 is 0.917 bits per heavy atom. The Kier molecular flexibility index (Phi) is 2.19. The molecule has 60 valence electrons. The van der Waals surface area contributed by atoms with E-state index in [2.05, 4.69) is 42.5 Å². The average molecular weight is 218 g/mol. The van der Waals surface area contributed by atoms with Crippen LogP contribution in [0, 0.1) is 0 Å². The minimum absolute atomic E-state index is 1.17. The Morgan fingerprint density at radius 3 is 2.50 bits per heavy atom. The summed E-state index contributed by atoms with van der Waals surface area (Å²) in [5, 5.41) is 3.94. The molecule has 0 bridgehead atoms. The van der Waals surface area contributed by atoms with Crippen molar-refractivity contribution in [3.63, 3.8) is 0 Å².